The van der Waals surface area contributed by atoms with Crippen molar-refractivity contribution in [3.8, 4) is 56.3 Å². The number of aromatic hydroxyl groups is 1. The summed E-state index contributed by atoms with van der Waals surface area (Å²) in [6.07, 6.45) is 5.08. The molecular formula is C38H30N4O. The minimum atomic E-state index is 0.133. The fourth-order valence-corrected chi connectivity index (χ4v) is 6.15. The summed E-state index contributed by atoms with van der Waals surface area (Å²) in [5.74, 6) is 0.763. The van der Waals surface area contributed by atoms with Crippen molar-refractivity contribution in [2.24, 2.45) is 0 Å². The Hall–Kier alpha value is -5.55. The second-order valence-corrected chi connectivity index (χ2v) is 11.0. The zero-order chi connectivity index (χ0) is 29.5. The number of hydrogen-bond acceptors (Lipinski definition) is 4. The summed E-state index contributed by atoms with van der Waals surface area (Å²) < 4.78 is 2.09. The predicted octanol–water partition coefficient (Wildman–Crippen LogP) is 9.11. The van der Waals surface area contributed by atoms with E-state index in [1.807, 2.05) is 54.7 Å². The SMILES string of the molecule is Cc1cc(C)c(-c2cc(-c3ccccn3)cc(-c3cccc4c3nc(-c3cnccc3O)n4-c3ccccc3)c2)c(C)c1. The molecule has 0 radical (unpaired) electrons. The largest absolute Gasteiger partial charge is 0.507 e. The average Bonchev–Trinajstić information content (AvgIpc) is 3.41. The number of hydrogen-bond donors (Lipinski definition) is 1. The molecule has 7 rings (SSSR count). The molecule has 0 fully saturated rings. The lowest BCUT2D eigenvalue weighted by Gasteiger charge is -2.15. The van der Waals surface area contributed by atoms with E-state index < -0.39 is 0 Å². The van der Waals surface area contributed by atoms with Gasteiger partial charge in [0.05, 0.1) is 22.3 Å². The highest BCUT2D eigenvalue weighted by Gasteiger charge is 2.21. The Bertz CT molecular complexity index is 2090. The Balaban J connectivity index is 1.53. The molecule has 0 aliphatic carbocycles. The van der Waals surface area contributed by atoms with Crippen LogP contribution in [0.1, 0.15) is 16.7 Å². The second-order valence-electron chi connectivity index (χ2n) is 11.0. The summed E-state index contributed by atoms with van der Waals surface area (Å²) in [7, 11) is 0. The van der Waals surface area contributed by atoms with Crippen molar-refractivity contribution in [1.82, 2.24) is 19.5 Å². The van der Waals surface area contributed by atoms with Gasteiger partial charge in [-0.3, -0.25) is 14.5 Å². The predicted molar refractivity (Wildman–Crippen MR) is 174 cm³/mol. The number of para-hydroxylation sites is 2. The third kappa shape index (κ3) is 4.75. The maximum Gasteiger partial charge on any atom is 0.151 e. The molecule has 5 heteroatoms. The Morgan fingerprint density at radius 3 is 2.14 bits per heavy atom. The van der Waals surface area contributed by atoms with Gasteiger partial charge in [0.15, 0.2) is 5.82 Å². The molecule has 0 aliphatic rings. The Morgan fingerprint density at radius 1 is 0.651 bits per heavy atom. The highest BCUT2D eigenvalue weighted by molar-refractivity contribution is 5.97. The Labute approximate surface area is 250 Å². The zero-order valence-corrected chi connectivity index (χ0v) is 24.3. The molecule has 43 heavy (non-hydrogen) atoms. The maximum atomic E-state index is 10.8. The van der Waals surface area contributed by atoms with Crippen LogP contribution in [0.4, 0.5) is 0 Å². The van der Waals surface area contributed by atoms with E-state index in [-0.39, 0.29) is 5.75 Å². The number of fused-ring (bicyclic) bond motifs is 1. The molecule has 3 heterocycles. The molecule has 0 spiro atoms. The van der Waals surface area contributed by atoms with E-state index in [1.54, 1.807) is 18.5 Å². The third-order valence-corrected chi connectivity index (χ3v) is 7.91. The van der Waals surface area contributed by atoms with Crippen molar-refractivity contribution in [2.75, 3.05) is 0 Å². The van der Waals surface area contributed by atoms with Gasteiger partial charge in [-0.15, -0.1) is 0 Å². The molecule has 0 saturated carbocycles. The maximum absolute atomic E-state index is 10.8. The summed E-state index contributed by atoms with van der Waals surface area (Å²) in [5, 5.41) is 10.8. The lowest BCUT2D eigenvalue weighted by atomic mass is 9.89. The fraction of sp³-hybridized carbons (Fsp3) is 0.0789. The van der Waals surface area contributed by atoms with Crippen LogP contribution in [-0.4, -0.2) is 24.6 Å². The van der Waals surface area contributed by atoms with Crippen molar-refractivity contribution in [2.45, 2.75) is 20.8 Å². The summed E-state index contributed by atoms with van der Waals surface area (Å²) >= 11 is 0. The highest BCUT2D eigenvalue weighted by Crippen LogP contribution is 2.40. The first-order valence-corrected chi connectivity index (χ1v) is 14.3. The van der Waals surface area contributed by atoms with Crippen LogP contribution >= 0.6 is 0 Å². The van der Waals surface area contributed by atoms with E-state index in [0.717, 1.165) is 44.7 Å². The normalized spacial score (nSPS) is 11.2. The molecule has 0 bridgehead atoms. The van der Waals surface area contributed by atoms with Crippen molar-refractivity contribution in [3.63, 3.8) is 0 Å². The molecule has 0 unspecified atom stereocenters. The van der Waals surface area contributed by atoms with Gasteiger partial charge < -0.3 is 5.11 Å². The van der Waals surface area contributed by atoms with Crippen LogP contribution in [0, 0.1) is 20.8 Å². The number of imidazole rings is 1. The van der Waals surface area contributed by atoms with Gasteiger partial charge >= 0.3 is 0 Å². The van der Waals surface area contributed by atoms with Gasteiger partial charge in [-0.1, -0.05) is 54.1 Å². The fourth-order valence-electron chi connectivity index (χ4n) is 6.15. The van der Waals surface area contributed by atoms with E-state index in [0.29, 0.717) is 11.4 Å². The van der Waals surface area contributed by atoms with Crippen LogP contribution in [-0.2, 0) is 0 Å². The number of benzene rings is 4. The minimum absolute atomic E-state index is 0.133. The molecule has 1 N–H and O–H groups in total. The Kier molecular flexibility index (Phi) is 6.55. The summed E-state index contributed by atoms with van der Waals surface area (Å²) in [5.41, 5.74) is 13.4. The van der Waals surface area contributed by atoms with Gasteiger partial charge in [-0.25, -0.2) is 4.98 Å². The summed E-state index contributed by atoms with van der Waals surface area (Å²) in [6.45, 7) is 6.50. The van der Waals surface area contributed by atoms with Gasteiger partial charge in [0.25, 0.3) is 0 Å². The van der Waals surface area contributed by atoms with Gasteiger partial charge in [0.2, 0.25) is 0 Å². The highest BCUT2D eigenvalue weighted by atomic mass is 16.3. The zero-order valence-electron chi connectivity index (χ0n) is 24.3. The van der Waals surface area contributed by atoms with Gasteiger partial charge in [-0.05, 0) is 103 Å². The average molecular weight is 559 g/mol. The van der Waals surface area contributed by atoms with Crippen molar-refractivity contribution >= 4 is 11.0 Å². The quantitative estimate of drug-likeness (QED) is 0.229. The molecule has 0 saturated heterocycles. The van der Waals surface area contributed by atoms with Crippen LogP contribution in [0.15, 0.2) is 122 Å². The smallest absolute Gasteiger partial charge is 0.151 e. The van der Waals surface area contributed by atoms with E-state index in [2.05, 4.69) is 78.9 Å². The van der Waals surface area contributed by atoms with Crippen LogP contribution in [0.25, 0.3) is 61.6 Å². The molecule has 208 valence electrons. The topological polar surface area (TPSA) is 63.8 Å². The van der Waals surface area contributed by atoms with Crippen molar-refractivity contribution in [1.29, 1.82) is 0 Å². The van der Waals surface area contributed by atoms with Gasteiger partial charge in [0.1, 0.15) is 5.75 Å². The number of nitrogens with zero attached hydrogens (tertiary/aromatic N) is 4. The first-order valence-electron chi connectivity index (χ1n) is 14.3. The number of pyridine rings is 2. The molecular weight excluding hydrogens is 528 g/mol. The molecule has 0 amide bonds. The number of aromatic nitrogens is 4. The lowest BCUT2D eigenvalue weighted by Crippen LogP contribution is -1.97. The number of aryl methyl sites for hydroxylation is 3. The molecule has 5 nitrogen and oxygen atoms in total. The molecule has 0 atom stereocenters. The van der Waals surface area contributed by atoms with Crippen LogP contribution < -0.4 is 0 Å². The van der Waals surface area contributed by atoms with E-state index in [9.17, 15) is 5.11 Å². The van der Waals surface area contributed by atoms with Crippen LogP contribution in [0.5, 0.6) is 5.75 Å². The summed E-state index contributed by atoms with van der Waals surface area (Å²) in [6, 6.07) is 35.1. The molecule has 7 aromatic rings. The molecule has 4 aromatic carbocycles. The number of rotatable bonds is 5. The minimum Gasteiger partial charge on any atom is -0.507 e. The first kappa shape index (κ1) is 26.4. The first-order chi connectivity index (χ1) is 21.0. The van der Waals surface area contributed by atoms with E-state index in [4.69, 9.17) is 9.97 Å². The van der Waals surface area contributed by atoms with Crippen LogP contribution in [0.2, 0.25) is 0 Å². The van der Waals surface area contributed by atoms with E-state index >= 15 is 0 Å². The van der Waals surface area contributed by atoms with Crippen LogP contribution in [0.3, 0.4) is 0 Å². The van der Waals surface area contributed by atoms with Gasteiger partial charge in [0, 0.05) is 35.4 Å². The molecule has 3 aromatic heterocycles. The standard InChI is InChI=1S/C38H30N4O/c1-24-18-25(2)36(26(3)19-24)29-21-27(20-28(22-29)33-13-7-8-16-40-33)31-12-9-14-34-37(31)41-38(32-23-39-17-15-35(32)43)42(34)30-10-5-4-6-11-30/h4-23H,1-3H3,(H,39,43). The lowest BCUT2D eigenvalue weighted by molar-refractivity contribution is 0.476. The van der Waals surface area contributed by atoms with Crippen molar-refractivity contribution in [3.05, 3.63) is 138 Å². The van der Waals surface area contributed by atoms with E-state index in [1.165, 1.54) is 22.3 Å². The Morgan fingerprint density at radius 2 is 1.40 bits per heavy atom. The monoisotopic (exact) mass is 558 g/mol. The third-order valence-electron chi connectivity index (χ3n) is 7.91. The van der Waals surface area contributed by atoms with Gasteiger partial charge in [-0.2, -0.15) is 0 Å². The second kappa shape index (κ2) is 10.7. The van der Waals surface area contributed by atoms with Crippen molar-refractivity contribution < 1.29 is 5.11 Å². The summed E-state index contributed by atoms with van der Waals surface area (Å²) in [4.78, 5) is 14.2. The molecule has 0 aliphatic heterocycles.